The van der Waals surface area contributed by atoms with Crippen LogP contribution in [0, 0.1) is 34.5 Å². The first-order valence-corrected chi connectivity index (χ1v) is 20.2. The fourth-order valence-electron chi connectivity index (χ4n) is 2.19. The van der Waals surface area contributed by atoms with Crippen molar-refractivity contribution in [3.05, 3.63) is 0 Å². The minimum atomic E-state index is 0.403. The van der Waals surface area contributed by atoms with Crippen molar-refractivity contribution >= 4 is 0 Å². The summed E-state index contributed by atoms with van der Waals surface area (Å²) in [5.41, 5.74) is 0.975. The summed E-state index contributed by atoms with van der Waals surface area (Å²) in [6, 6.07) is 0. The van der Waals surface area contributed by atoms with Gasteiger partial charge in [0.15, 0.2) is 0 Å². The van der Waals surface area contributed by atoms with Crippen molar-refractivity contribution in [2.24, 2.45) is 34.5 Å². The second-order valence-corrected chi connectivity index (χ2v) is 17.0. The van der Waals surface area contributed by atoms with Gasteiger partial charge in [0.2, 0.25) is 0 Å². The van der Waals surface area contributed by atoms with Crippen molar-refractivity contribution < 1.29 is 14.2 Å². The molecular weight excluding hydrogens is 576 g/mol. The van der Waals surface area contributed by atoms with Crippen LogP contribution in [0.4, 0.5) is 0 Å². The van der Waals surface area contributed by atoms with Gasteiger partial charge in [0.1, 0.15) is 0 Å². The van der Waals surface area contributed by atoms with Crippen LogP contribution in [0.1, 0.15) is 217 Å². The highest BCUT2D eigenvalue weighted by molar-refractivity contribution is 4.59. The van der Waals surface area contributed by atoms with Crippen LogP contribution in [0.3, 0.4) is 0 Å². The van der Waals surface area contributed by atoms with E-state index in [0.717, 1.165) is 76.5 Å². The highest BCUT2D eigenvalue weighted by Gasteiger charge is 2.08. The van der Waals surface area contributed by atoms with Crippen LogP contribution in [-0.2, 0) is 14.2 Å². The number of ether oxygens (including phenoxy) is 3. The molecule has 0 aromatic heterocycles. The lowest BCUT2D eigenvalue weighted by atomic mass is 9.91. The maximum absolute atomic E-state index is 5.36. The predicted octanol–water partition coefficient (Wildman–Crippen LogP) is 15.7. The molecule has 0 fully saturated rings. The summed E-state index contributed by atoms with van der Waals surface area (Å²) in [6.45, 7) is 55.1. The van der Waals surface area contributed by atoms with E-state index < -0.39 is 0 Å². The average molecular weight is 679 g/mol. The van der Waals surface area contributed by atoms with Crippen LogP contribution < -0.4 is 0 Å². The van der Waals surface area contributed by atoms with Crippen LogP contribution in [0.25, 0.3) is 0 Å². The molecule has 0 aromatic rings. The lowest BCUT2D eigenvalue weighted by Crippen LogP contribution is -2.09. The molecule has 0 unspecified atom stereocenters. The Hall–Kier alpha value is -0.120. The molecule has 0 saturated heterocycles. The van der Waals surface area contributed by atoms with Crippen molar-refractivity contribution in [1.29, 1.82) is 0 Å². The molecule has 0 aliphatic heterocycles. The summed E-state index contributed by atoms with van der Waals surface area (Å²) in [5, 5.41) is 0. The van der Waals surface area contributed by atoms with Gasteiger partial charge in [-0.15, -0.1) is 0 Å². The molecule has 0 radical (unpaired) electrons. The average Bonchev–Trinajstić information content (AvgIpc) is 2.95. The van der Waals surface area contributed by atoms with Gasteiger partial charge in [-0.1, -0.05) is 171 Å². The highest BCUT2D eigenvalue weighted by Crippen LogP contribution is 2.19. The van der Waals surface area contributed by atoms with Crippen molar-refractivity contribution in [2.45, 2.75) is 223 Å². The summed E-state index contributed by atoms with van der Waals surface area (Å²) in [6.07, 6.45) is 11.5. The van der Waals surface area contributed by atoms with Gasteiger partial charge in [-0.25, -0.2) is 0 Å². The normalized spacial score (nSPS) is 10.7. The van der Waals surface area contributed by atoms with Crippen LogP contribution in [0.2, 0.25) is 0 Å². The zero-order chi connectivity index (χ0) is 38.9. The molecule has 3 nitrogen and oxygen atoms in total. The van der Waals surface area contributed by atoms with Crippen LogP contribution in [0.5, 0.6) is 0 Å². The van der Waals surface area contributed by atoms with Crippen molar-refractivity contribution in [1.82, 2.24) is 0 Å². The molecule has 0 spiro atoms. The van der Waals surface area contributed by atoms with E-state index in [1.54, 1.807) is 0 Å². The topological polar surface area (TPSA) is 27.7 Å². The van der Waals surface area contributed by atoms with Crippen molar-refractivity contribution in [3.63, 3.8) is 0 Å². The molecule has 0 saturated carbocycles. The molecule has 0 bridgehead atoms. The third kappa shape index (κ3) is 132. The van der Waals surface area contributed by atoms with E-state index in [4.69, 9.17) is 14.2 Å². The maximum atomic E-state index is 5.36. The fraction of sp³-hybridized carbons (Fsp3) is 1.00. The molecule has 0 aromatic carbocycles. The molecule has 0 aliphatic rings. The van der Waals surface area contributed by atoms with Crippen LogP contribution in [0.15, 0.2) is 0 Å². The highest BCUT2D eigenvalue weighted by atomic mass is 16.5. The summed E-state index contributed by atoms with van der Waals surface area (Å²) < 4.78 is 15.8. The molecule has 0 aliphatic carbocycles. The van der Waals surface area contributed by atoms with E-state index in [1.807, 2.05) is 0 Å². The van der Waals surface area contributed by atoms with Crippen LogP contribution in [-0.4, -0.2) is 39.1 Å². The number of rotatable bonds is 15. The Morgan fingerprint density at radius 1 is 0.383 bits per heavy atom. The summed E-state index contributed by atoms with van der Waals surface area (Å²) >= 11 is 0. The lowest BCUT2D eigenvalue weighted by molar-refractivity contribution is 0.0794. The molecule has 3 heteroatoms. The SMILES string of the molecule is CCC(C)C.CCC(C)C.CCC(C)C.CCCC(C)(C)C.CCCOC(C)C.CCCOCC(C)C.CCCOCCC(C)(C)C. The van der Waals surface area contributed by atoms with Gasteiger partial charge in [-0.3, -0.25) is 0 Å². The van der Waals surface area contributed by atoms with E-state index >= 15 is 0 Å². The van der Waals surface area contributed by atoms with Gasteiger partial charge in [0, 0.05) is 33.0 Å². The van der Waals surface area contributed by atoms with Gasteiger partial charge in [-0.05, 0) is 80.5 Å². The number of hydrogen-bond acceptors (Lipinski definition) is 3. The van der Waals surface area contributed by atoms with E-state index in [0.29, 0.717) is 22.9 Å². The smallest absolute Gasteiger partial charge is 0.0518 e. The minimum Gasteiger partial charge on any atom is -0.381 e. The molecule has 47 heavy (non-hydrogen) atoms. The fourth-order valence-corrected chi connectivity index (χ4v) is 2.19. The molecule has 296 valence electrons. The number of hydrogen-bond donors (Lipinski definition) is 0. The third-order valence-electron chi connectivity index (χ3n) is 6.25. The maximum Gasteiger partial charge on any atom is 0.0518 e. The standard InChI is InChI=1S/C9H20O.C7H16O.C7H16.C6H14O.3C5H12/c1-5-7-10-8-6-9(2,3)4;1-4-5-8-6-7(2)3;1-5-6-7(2,3)4;1-4-5-7-6(2)3;3*1-4-5(2)3/h5-8H2,1-4H3;7H,4-6H2,1-3H3;5-6H2,1-4H3;6H,4-5H2,1-3H3;3*5H,4H2,1-3H3. The Morgan fingerprint density at radius 3 is 0.872 bits per heavy atom. The Morgan fingerprint density at radius 2 is 0.702 bits per heavy atom. The molecule has 0 N–H and O–H groups in total. The van der Waals surface area contributed by atoms with E-state index in [1.165, 1.54) is 32.1 Å². The van der Waals surface area contributed by atoms with E-state index in [2.05, 4.69) is 159 Å². The zero-order valence-corrected chi connectivity index (χ0v) is 38.0. The molecular formula is C44H102O3. The van der Waals surface area contributed by atoms with Crippen molar-refractivity contribution in [2.75, 3.05) is 33.0 Å². The second-order valence-electron chi connectivity index (χ2n) is 17.0. The second kappa shape index (κ2) is 48.0. The Labute approximate surface area is 304 Å². The van der Waals surface area contributed by atoms with Crippen LogP contribution >= 0.6 is 0 Å². The van der Waals surface area contributed by atoms with Gasteiger partial charge in [0.05, 0.1) is 6.10 Å². The first kappa shape index (κ1) is 62.0. The van der Waals surface area contributed by atoms with E-state index in [9.17, 15) is 0 Å². The zero-order valence-electron chi connectivity index (χ0n) is 38.0. The van der Waals surface area contributed by atoms with Gasteiger partial charge >= 0.3 is 0 Å². The molecule has 0 heterocycles. The summed E-state index contributed by atoms with van der Waals surface area (Å²) in [7, 11) is 0. The molecule has 0 atom stereocenters. The monoisotopic (exact) mass is 679 g/mol. The summed E-state index contributed by atoms with van der Waals surface area (Å²) in [5.74, 6) is 3.33. The quantitative estimate of drug-likeness (QED) is 0.161. The Kier molecular flexibility index (Phi) is 63.4. The van der Waals surface area contributed by atoms with Gasteiger partial charge in [-0.2, -0.15) is 0 Å². The molecule has 0 rings (SSSR count). The summed E-state index contributed by atoms with van der Waals surface area (Å²) in [4.78, 5) is 0. The van der Waals surface area contributed by atoms with Gasteiger partial charge < -0.3 is 14.2 Å². The van der Waals surface area contributed by atoms with E-state index in [-0.39, 0.29) is 0 Å². The molecule has 0 amide bonds. The van der Waals surface area contributed by atoms with Gasteiger partial charge in [0.25, 0.3) is 0 Å². The first-order valence-electron chi connectivity index (χ1n) is 20.2. The largest absolute Gasteiger partial charge is 0.381 e. The minimum absolute atomic E-state index is 0.403. The lowest BCUT2D eigenvalue weighted by Gasteiger charge is -2.17. The third-order valence-corrected chi connectivity index (χ3v) is 6.25. The van der Waals surface area contributed by atoms with Crippen molar-refractivity contribution in [3.8, 4) is 0 Å². The Balaban J connectivity index is -0.0000000807. The Bertz CT molecular complexity index is 448. The predicted molar refractivity (Wildman–Crippen MR) is 222 cm³/mol. The first-order chi connectivity index (χ1) is 21.5.